The van der Waals surface area contributed by atoms with Crippen molar-refractivity contribution in [3.8, 4) is 0 Å². The third kappa shape index (κ3) is 39.8. The van der Waals surface area contributed by atoms with Crippen molar-refractivity contribution in [3.63, 3.8) is 0 Å². The molecule has 0 aliphatic carbocycles. The summed E-state index contributed by atoms with van der Waals surface area (Å²) in [4.78, 5) is 30.4. The molecule has 0 aromatic rings. The molecule has 0 aromatic carbocycles. The fourth-order valence-electron chi connectivity index (χ4n) is 0.673. The van der Waals surface area contributed by atoms with Gasteiger partial charge in [0.05, 0.1) is 0 Å². The molecule has 4 nitrogen and oxygen atoms in total. The Morgan fingerprint density at radius 3 is 1.47 bits per heavy atom. The number of carbonyl (C=O) groups excluding carboxylic acids is 3. The lowest BCUT2D eigenvalue weighted by Gasteiger charge is -1.93. The number of nitrogens with two attached hydrogens (primary N) is 1. The quantitative estimate of drug-likeness (QED) is 0.731. The predicted octanol–water partition coefficient (Wildman–Crippen LogP) is 2.63. The van der Waals surface area contributed by atoms with Crippen molar-refractivity contribution in [1.29, 1.82) is 0 Å². The van der Waals surface area contributed by atoms with Gasteiger partial charge in [0.15, 0.2) is 0 Å². The van der Waals surface area contributed by atoms with Crippen molar-refractivity contribution in [3.05, 3.63) is 0 Å². The van der Waals surface area contributed by atoms with Crippen LogP contribution < -0.4 is 5.73 Å². The minimum atomic E-state index is -0.288. The van der Waals surface area contributed by atoms with E-state index in [2.05, 4.69) is 0 Å². The number of primary amides is 1. The van der Waals surface area contributed by atoms with Gasteiger partial charge >= 0.3 is 0 Å². The number of ketones is 2. The van der Waals surface area contributed by atoms with Gasteiger partial charge in [-0.15, -0.1) is 0 Å². The normalized spacial score (nSPS) is 8.06. The van der Waals surface area contributed by atoms with Crippen LogP contribution in [0.5, 0.6) is 0 Å². The molecule has 4 heteroatoms. The first-order valence-electron chi connectivity index (χ1n) is 6.17. The largest absolute Gasteiger partial charge is 0.370 e. The Kier molecular flexibility index (Phi) is 21.4. The van der Waals surface area contributed by atoms with E-state index in [1.165, 1.54) is 0 Å². The smallest absolute Gasteiger partial charge is 0.217 e. The molecule has 1 amide bonds. The second-order valence-corrected chi connectivity index (χ2v) is 3.43. The summed E-state index contributed by atoms with van der Waals surface area (Å²) in [6.45, 7) is 8.98. The first-order valence-corrected chi connectivity index (χ1v) is 6.17. The molecule has 0 fully saturated rings. The second-order valence-electron chi connectivity index (χ2n) is 3.43. The summed E-state index contributed by atoms with van der Waals surface area (Å²) in [5, 5.41) is 0. The van der Waals surface area contributed by atoms with Gasteiger partial charge in [-0.05, 0) is 26.7 Å². The Balaban J connectivity index is -0.000000236. The SMILES string of the molecule is CC.CC(=O)CCCCC(N)=O.CCC(C)=O. The van der Waals surface area contributed by atoms with Gasteiger partial charge in [0.25, 0.3) is 0 Å². The molecule has 0 rings (SSSR count). The van der Waals surface area contributed by atoms with E-state index in [0.717, 1.165) is 12.8 Å². The van der Waals surface area contributed by atoms with Crippen LogP contribution in [0.4, 0.5) is 0 Å². The lowest BCUT2D eigenvalue weighted by Crippen LogP contribution is -2.09. The van der Waals surface area contributed by atoms with E-state index in [1.54, 1.807) is 13.8 Å². The van der Waals surface area contributed by atoms with Crippen LogP contribution in [0.2, 0.25) is 0 Å². The molecule has 2 N–H and O–H groups in total. The van der Waals surface area contributed by atoms with E-state index in [-0.39, 0.29) is 17.5 Å². The second kappa shape index (κ2) is 17.2. The monoisotopic (exact) mass is 245 g/mol. The third-order valence-corrected chi connectivity index (χ3v) is 1.70. The third-order valence-electron chi connectivity index (χ3n) is 1.70. The minimum Gasteiger partial charge on any atom is -0.370 e. The Morgan fingerprint density at radius 1 is 0.882 bits per heavy atom. The maximum absolute atomic E-state index is 10.4. The van der Waals surface area contributed by atoms with Crippen LogP contribution in [0, 0.1) is 0 Å². The van der Waals surface area contributed by atoms with E-state index in [1.807, 2.05) is 20.8 Å². The highest BCUT2D eigenvalue weighted by Gasteiger charge is 1.95. The van der Waals surface area contributed by atoms with Crippen LogP contribution >= 0.6 is 0 Å². The zero-order valence-electron chi connectivity index (χ0n) is 11.8. The van der Waals surface area contributed by atoms with Gasteiger partial charge in [-0.2, -0.15) is 0 Å². The van der Waals surface area contributed by atoms with Crippen LogP contribution in [0.15, 0.2) is 0 Å². The lowest BCUT2D eigenvalue weighted by molar-refractivity contribution is -0.119. The Bertz CT molecular complexity index is 197. The molecule has 0 aliphatic rings. The molecule has 0 saturated heterocycles. The van der Waals surface area contributed by atoms with E-state index in [9.17, 15) is 14.4 Å². The highest BCUT2D eigenvalue weighted by molar-refractivity contribution is 5.76. The summed E-state index contributed by atoms with van der Waals surface area (Å²) in [6.07, 6.45) is 3.13. The van der Waals surface area contributed by atoms with Crippen molar-refractivity contribution < 1.29 is 14.4 Å². The first kappa shape index (κ1) is 21.1. The molecule has 0 heterocycles. The lowest BCUT2D eigenvalue weighted by atomic mass is 10.1. The molecule has 0 atom stereocenters. The van der Waals surface area contributed by atoms with Crippen molar-refractivity contribution in [2.24, 2.45) is 5.73 Å². The predicted molar refractivity (Wildman–Crippen MR) is 70.7 cm³/mol. The molecule has 0 radical (unpaired) electrons. The molecule has 0 aromatic heterocycles. The van der Waals surface area contributed by atoms with Gasteiger partial charge in [0, 0.05) is 19.3 Å². The highest BCUT2D eigenvalue weighted by Crippen LogP contribution is 1.98. The molecule has 0 saturated carbocycles. The average Bonchev–Trinajstić information content (AvgIpc) is 2.27. The van der Waals surface area contributed by atoms with E-state index < -0.39 is 0 Å². The Morgan fingerprint density at radius 2 is 1.24 bits per heavy atom. The molecule has 0 unspecified atom stereocenters. The number of rotatable bonds is 6. The van der Waals surface area contributed by atoms with Crippen molar-refractivity contribution in [2.75, 3.05) is 0 Å². The molecule has 0 aliphatic heterocycles. The van der Waals surface area contributed by atoms with Crippen LogP contribution in [-0.2, 0) is 14.4 Å². The van der Waals surface area contributed by atoms with Crippen LogP contribution in [-0.4, -0.2) is 17.5 Å². The van der Waals surface area contributed by atoms with Crippen molar-refractivity contribution >= 4 is 17.5 Å². The van der Waals surface area contributed by atoms with E-state index in [0.29, 0.717) is 19.3 Å². The average molecular weight is 245 g/mol. The molecular formula is C13H27NO3. The number of carbonyl (C=O) groups is 3. The first-order chi connectivity index (χ1) is 7.90. The summed E-state index contributed by atoms with van der Waals surface area (Å²) >= 11 is 0. The molecule has 0 spiro atoms. The van der Waals surface area contributed by atoms with Gasteiger partial charge < -0.3 is 15.3 Å². The number of unbranched alkanes of at least 4 members (excludes halogenated alkanes) is 1. The van der Waals surface area contributed by atoms with Crippen molar-refractivity contribution in [1.82, 2.24) is 0 Å². The topological polar surface area (TPSA) is 77.2 Å². The van der Waals surface area contributed by atoms with Gasteiger partial charge in [-0.3, -0.25) is 4.79 Å². The molecule has 17 heavy (non-hydrogen) atoms. The van der Waals surface area contributed by atoms with Crippen LogP contribution in [0.1, 0.15) is 66.7 Å². The standard InChI is InChI=1S/C7H13NO2.C4H8O.C2H6/c1-6(9)4-2-3-5-7(8)10;1-3-4(2)5;1-2/h2-5H2,1H3,(H2,8,10);3H2,1-2H3;1-2H3. The van der Waals surface area contributed by atoms with E-state index in [4.69, 9.17) is 5.73 Å². The van der Waals surface area contributed by atoms with Crippen LogP contribution in [0.3, 0.4) is 0 Å². The summed E-state index contributed by atoms with van der Waals surface area (Å²) in [6, 6.07) is 0. The maximum Gasteiger partial charge on any atom is 0.217 e. The summed E-state index contributed by atoms with van der Waals surface area (Å²) < 4.78 is 0. The molecule has 0 bridgehead atoms. The van der Waals surface area contributed by atoms with Gasteiger partial charge in [0.2, 0.25) is 5.91 Å². The molecule has 102 valence electrons. The van der Waals surface area contributed by atoms with Gasteiger partial charge in [0.1, 0.15) is 11.6 Å². The number of Topliss-reactive ketones (excluding diaryl/α,β-unsaturated/α-hetero) is 2. The highest BCUT2D eigenvalue weighted by atomic mass is 16.1. The van der Waals surface area contributed by atoms with Crippen molar-refractivity contribution in [2.45, 2.75) is 66.7 Å². The Labute approximate surface area is 105 Å². The van der Waals surface area contributed by atoms with E-state index >= 15 is 0 Å². The van der Waals surface area contributed by atoms with Gasteiger partial charge in [-0.1, -0.05) is 20.8 Å². The van der Waals surface area contributed by atoms with Gasteiger partial charge in [-0.25, -0.2) is 0 Å². The fraction of sp³-hybridized carbons (Fsp3) is 0.769. The number of amides is 1. The fourth-order valence-corrected chi connectivity index (χ4v) is 0.673. The zero-order chi connectivity index (χ0) is 14.3. The number of hydrogen-bond donors (Lipinski definition) is 1. The molecular weight excluding hydrogens is 218 g/mol. The zero-order valence-corrected chi connectivity index (χ0v) is 11.8. The summed E-state index contributed by atoms with van der Waals surface area (Å²) in [5.41, 5.74) is 4.89. The Hall–Kier alpha value is -1.19. The minimum absolute atomic E-state index is 0.171. The summed E-state index contributed by atoms with van der Waals surface area (Å²) in [7, 11) is 0. The number of hydrogen-bond acceptors (Lipinski definition) is 3. The summed E-state index contributed by atoms with van der Waals surface area (Å²) in [5.74, 6) is 0.137. The maximum atomic E-state index is 10.4. The van der Waals surface area contributed by atoms with Crippen LogP contribution in [0.25, 0.3) is 0 Å².